The van der Waals surface area contributed by atoms with E-state index in [4.69, 9.17) is 11.6 Å². The van der Waals surface area contributed by atoms with Crippen LogP contribution in [0.5, 0.6) is 0 Å². The molecule has 21 heavy (non-hydrogen) atoms. The number of nitrogens with zero attached hydrogens (tertiary/aromatic N) is 1. The van der Waals surface area contributed by atoms with Crippen molar-refractivity contribution in [3.8, 4) is 0 Å². The Balaban J connectivity index is 2.65. The standard InChI is InChI=1S/C14H21ClN2O3S/c1-16-14(18)13-7-5-12(6-8-13)11-17(2)21(19,20)10-4-3-9-15/h5-8H,3-4,9-11H2,1-2H3,(H,16,18). The average molecular weight is 333 g/mol. The molecule has 1 amide bonds. The van der Waals surface area contributed by atoms with Crippen LogP contribution < -0.4 is 5.32 Å². The van der Waals surface area contributed by atoms with E-state index in [1.807, 2.05) is 0 Å². The molecular weight excluding hydrogens is 312 g/mol. The molecule has 1 N–H and O–H groups in total. The van der Waals surface area contributed by atoms with E-state index in [-0.39, 0.29) is 18.2 Å². The summed E-state index contributed by atoms with van der Waals surface area (Å²) < 4.78 is 25.4. The Morgan fingerprint density at radius 1 is 1.24 bits per heavy atom. The van der Waals surface area contributed by atoms with E-state index in [9.17, 15) is 13.2 Å². The maximum atomic E-state index is 12.0. The van der Waals surface area contributed by atoms with Gasteiger partial charge in [0, 0.05) is 32.1 Å². The first-order valence-corrected chi connectivity index (χ1v) is 8.86. The van der Waals surface area contributed by atoms with Crippen LogP contribution in [0.4, 0.5) is 0 Å². The van der Waals surface area contributed by atoms with Crippen molar-refractivity contribution in [2.75, 3.05) is 25.7 Å². The molecule has 0 radical (unpaired) electrons. The minimum Gasteiger partial charge on any atom is -0.355 e. The summed E-state index contributed by atoms with van der Waals surface area (Å²) in [4.78, 5) is 11.4. The summed E-state index contributed by atoms with van der Waals surface area (Å²) in [6.07, 6.45) is 1.25. The number of hydrogen-bond donors (Lipinski definition) is 1. The third-order valence-electron chi connectivity index (χ3n) is 3.11. The molecule has 0 unspecified atom stereocenters. The van der Waals surface area contributed by atoms with Gasteiger partial charge in [-0.15, -0.1) is 11.6 Å². The smallest absolute Gasteiger partial charge is 0.251 e. The fourth-order valence-electron chi connectivity index (χ4n) is 1.80. The number of benzene rings is 1. The summed E-state index contributed by atoms with van der Waals surface area (Å²) in [5.41, 5.74) is 1.39. The molecular formula is C14H21ClN2O3S. The lowest BCUT2D eigenvalue weighted by atomic mass is 10.1. The van der Waals surface area contributed by atoms with Crippen molar-refractivity contribution in [1.29, 1.82) is 0 Å². The summed E-state index contributed by atoms with van der Waals surface area (Å²) >= 11 is 5.55. The highest BCUT2D eigenvalue weighted by atomic mass is 35.5. The van der Waals surface area contributed by atoms with Gasteiger partial charge in [0.2, 0.25) is 10.0 Å². The summed E-state index contributed by atoms with van der Waals surface area (Å²) in [5, 5.41) is 2.54. The molecule has 7 heteroatoms. The second-order valence-corrected chi connectivity index (χ2v) is 7.32. The fraction of sp³-hybridized carbons (Fsp3) is 0.500. The predicted molar refractivity (Wildman–Crippen MR) is 85.0 cm³/mol. The van der Waals surface area contributed by atoms with Crippen molar-refractivity contribution >= 4 is 27.5 Å². The van der Waals surface area contributed by atoms with Crippen LogP contribution in [-0.4, -0.2) is 44.4 Å². The van der Waals surface area contributed by atoms with Crippen LogP contribution in [0.1, 0.15) is 28.8 Å². The minimum atomic E-state index is -3.27. The van der Waals surface area contributed by atoms with Crippen molar-refractivity contribution in [2.45, 2.75) is 19.4 Å². The molecule has 0 atom stereocenters. The van der Waals surface area contributed by atoms with Crippen molar-refractivity contribution in [3.05, 3.63) is 35.4 Å². The number of hydrogen-bond acceptors (Lipinski definition) is 3. The molecule has 0 aliphatic carbocycles. The maximum absolute atomic E-state index is 12.0. The van der Waals surface area contributed by atoms with Gasteiger partial charge in [-0.1, -0.05) is 12.1 Å². The molecule has 0 saturated carbocycles. The van der Waals surface area contributed by atoms with Crippen LogP contribution >= 0.6 is 11.6 Å². The minimum absolute atomic E-state index is 0.104. The number of alkyl halides is 1. The van der Waals surface area contributed by atoms with Crippen molar-refractivity contribution in [3.63, 3.8) is 0 Å². The second kappa shape index (κ2) is 8.36. The number of halogens is 1. The van der Waals surface area contributed by atoms with E-state index in [2.05, 4.69) is 5.32 Å². The average Bonchev–Trinajstić information content (AvgIpc) is 2.47. The van der Waals surface area contributed by atoms with Gasteiger partial charge in [0.1, 0.15) is 0 Å². The van der Waals surface area contributed by atoms with Crippen molar-refractivity contribution < 1.29 is 13.2 Å². The summed E-state index contributed by atoms with van der Waals surface area (Å²) in [5.74, 6) is 0.413. The second-order valence-electron chi connectivity index (χ2n) is 4.74. The number of sulfonamides is 1. The predicted octanol–water partition coefficient (Wildman–Crippen LogP) is 1.83. The van der Waals surface area contributed by atoms with Gasteiger partial charge in [0.25, 0.3) is 5.91 Å². The Labute approximate surface area is 131 Å². The molecule has 1 aromatic carbocycles. The largest absolute Gasteiger partial charge is 0.355 e. The lowest BCUT2D eigenvalue weighted by Crippen LogP contribution is -2.29. The Hall–Kier alpha value is -1.11. The Kier molecular flexibility index (Phi) is 7.14. The third kappa shape index (κ3) is 5.65. The van der Waals surface area contributed by atoms with Crippen LogP contribution in [0.3, 0.4) is 0 Å². The van der Waals surface area contributed by atoms with Gasteiger partial charge >= 0.3 is 0 Å². The first kappa shape index (κ1) is 17.9. The normalized spacial score (nSPS) is 11.6. The molecule has 5 nitrogen and oxygen atoms in total. The molecule has 0 heterocycles. The van der Waals surface area contributed by atoms with E-state index in [0.29, 0.717) is 24.3 Å². The molecule has 0 spiro atoms. The number of rotatable bonds is 8. The van der Waals surface area contributed by atoms with Crippen LogP contribution in [0.25, 0.3) is 0 Å². The fourth-order valence-corrected chi connectivity index (χ4v) is 3.21. The first-order valence-electron chi connectivity index (χ1n) is 6.71. The Bertz CT molecular complexity index is 558. The number of carbonyl (C=O) groups excluding carboxylic acids is 1. The molecule has 0 fully saturated rings. The number of nitrogens with one attached hydrogen (secondary N) is 1. The van der Waals surface area contributed by atoms with Crippen LogP contribution in [0.15, 0.2) is 24.3 Å². The van der Waals surface area contributed by atoms with E-state index in [0.717, 1.165) is 5.56 Å². The Morgan fingerprint density at radius 3 is 2.38 bits per heavy atom. The monoisotopic (exact) mass is 332 g/mol. The zero-order valence-electron chi connectivity index (χ0n) is 12.3. The van der Waals surface area contributed by atoms with Gasteiger partial charge in [-0.05, 0) is 30.5 Å². The van der Waals surface area contributed by atoms with Crippen LogP contribution in [0.2, 0.25) is 0 Å². The van der Waals surface area contributed by atoms with Gasteiger partial charge < -0.3 is 5.32 Å². The van der Waals surface area contributed by atoms with E-state index >= 15 is 0 Å². The quantitative estimate of drug-likeness (QED) is 0.583. The van der Waals surface area contributed by atoms with E-state index < -0.39 is 10.0 Å². The zero-order valence-corrected chi connectivity index (χ0v) is 13.9. The zero-order chi connectivity index (χ0) is 15.9. The molecule has 0 aromatic heterocycles. The first-order chi connectivity index (χ1) is 9.90. The van der Waals surface area contributed by atoms with Gasteiger partial charge in [-0.25, -0.2) is 12.7 Å². The molecule has 0 saturated heterocycles. The molecule has 0 bridgehead atoms. The summed E-state index contributed by atoms with van der Waals surface area (Å²) in [6, 6.07) is 6.88. The SMILES string of the molecule is CNC(=O)c1ccc(CN(C)S(=O)(=O)CCCCCl)cc1. The lowest BCUT2D eigenvalue weighted by Gasteiger charge is -2.17. The highest BCUT2D eigenvalue weighted by molar-refractivity contribution is 7.89. The summed E-state index contributed by atoms with van der Waals surface area (Å²) in [7, 11) is -0.141. The molecule has 0 aliphatic heterocycles. The van der Waals surface area contributed by atoms with Crippen LogP contribution in [-0.2, 0) is 16.6 Å². The van der Waals surface area contributed by atoms with E-state index in [1.54, 1.807) is 38.4 Å². The van der Waals surface area contributed by atoms with Gasteiger partial charge in [0.05, 0.1) is 5.75 Å². The third-order valence-corrected chi connectivity index (χ3v) is 5.26. The van der Waals surface area contributed by atoms with Gasteiger partial charge in [0.15, 0.2) is 0 Å². The van der Waals surface area contributed by atoms with Gasteiger partial charge in [-0.3, -0.25) is 4.79 Å². The number of amides is 1. The number of unbranched alkanes of at least 4 members (excludes halogenated alkanes) is 1. The molecule has 0 aliphatic rings. The molecule has 1 aromatic rings. The Morgan fingerprint density at radius 2 is 1.86 bits per heavy atom. The van der Waals surface area contributed by atoms with Crippen LogP contribution in [0, 0.1) is 0 Å². The topological polar surface area (TPSA) is 66.5 Å². The lowest BCUT2D eigenvalue weighted by molar-refractivity contribution is 0.0963. The van der Waals surface area contributed by atoms with Gasteiger partial charge in [-0.2, -0.15) is 0 Å². The van der Waals surface area contributed by atoms with Crippen molar-refractivity contribution in [1.82, 2.24) is 9.62 Å². The number of carbonyl (C=O) groups is 1. The molecule has 1 rings (SSSR count). The maximum Gasteiger partial charge on any atom is 0.251 e. The highest BCUT2D eigenvalue weighted by Crippen LogP contribution is 2.11. The summed E-state index contributed by atoms with van der Waals surface area (Å²) in [6.45, 7) is 0.289. The van der Waals surface area contributed by atoms with Crippen molar-refractivity contribution in [2.24, 2.45) is 0 Å². The highest BCUT2D eigenvalue weighted by Gasteiger charge is 2.17. The van der Waals surface area contributed by atoms with E-state index in [1.165, 1.54) is 4.31 Å². The molecule has 118 valence electrons.